The Kier molecular flexibility index (Phi) is 8.62. The van der Waals surface area contributed by atoms with Gasteiger partial charge in [-0.1, -0.05) is 6.08 Å². The molecule has 1 unspecified atom stereocenters. The molecular formula is C10H21ClN2O2. The molecule has 0 saturated heterocycles. The number of amides is 1. The van der Waals surface area contributed by atoms with E-state index >= 15 is 0 Å². The summed E-state index contributed by atoms with van der Waals surface area (Å²) in [6.07, 6.45) is 2.83. The Labute approximate surface area is 98.0 Å². The molecule has 0 fully saturated rings. The van der Waals surface area contributed by atoms with Gasteiger partial charge in [-0.2, -0.15) is 0 Å². The van der Waals surface area contributed by atoms with Crippen LogP contribution in [0.25, 0.3) is 0 Å². The van der Waals surface area contributed by atoms with Crippen molar-refractivity contribution >= 4 is 5.91 Å². The van der Waals surface area contributed by atoms with Crippen LogP contribution in [0.5, 0.6) is 0 Å². The second kappa shape index (κ2) is 7.68. The van der Waals surface area contributed by atoms with Gasteiger partial charge in [0.2, 0.25) is 5.91 Å². The number of likely N-dealkylation sites (N-methyl/N-ethyl adjacent to an activating group) is 1. The molecule has 90 valence electrons. The first-order chi connectivity index (χ1) is 6.37. The van der Waals surface area contributed by atoms with Gasteiger partial charge in [-0.05, 0) is 19.9 Å². The average molecular weight is 237 g/mol. The van der Waals surface area contributed by atoms with Crippen LogP contribution in [0, 0.1) is 0 Å². The number of halogens is 1. The first kappa shape index (κ1) is 16.8. The largest absolute Gasteiger partial charge is 1.00 e. The molecule has 0 aromatic heterocycles. The Balaban J connectivity index is 0. The Morgan fingerprint density at radius 2 is 2.07 bits per heavy atom. The Bertz CT molecular complexity index is 215. The van der Waals surface area contributed by atoms with Crippen molar-refractivity contribution in [1.82, 2.24) is 5.32 Å². The van der Waals surface area contributed by atoms with E-state index in [4.69, 9.17) is 0 Å². The third-order valence-electron chi connectivity index (χ3n) is 1.76. The lowest BCUT2D eigenvalue weighted by Gasteiger charge is -2.30. The maximum Gasteiger partial charge on any atom is 0.247 e. The van der Waals surface area contributed by atoms with Gasteiger partial charge >= 0.3 is 0 Å². The monoisotopic (exact) mass is 236 g/mol. The Hall–Kier alpha value is -0.580. The van der Waals surface area contributed by atoms with Gasteiger partial charge in [0, 0.05) is 0 Å². The number of rotatable bonds is 5. The van der Waals surface area contributed by atoms with E-state index < -0.39 is 0 Å². The molecule has 0 aromatic rings. The number of nitrogens with one attached hydrogen (secondary N) is 1. The number of aliphatic hydroxyl groups is 1. The number of nitrogens with zero attached hydrogens (tertiary/aromatic N) is 1. The first-order valence-electron chi connectivity index (χ1n) is 4.78. The van der Waals surface area contributed by atoms with Crippen LogP contribution in [0.3, 0.4) is 0 Å². The highest BCUT2D eigenvalue weighted by Crippen LogP contribution is 1.97. The fraction of sp³-hybridized carbons (Fsp3) is 0.700. The molecule has 2 N–H and O–H groups in total. The summed E-state index contributed by atoms with van der Waals surface area (Å²) in [7, 11) is 3.92. The van der Waals surface area contributed by atoms with Crippen molar-refractivity contribution in [3.05, 3.63) is 12.2 Å². The lowest BCUT2D eigenvalue weighted by Crippen LogP contribution is -3.00. The molecule has 0 heterocycles. The minimum atomic E-state index is -0.358. The maximum absolute atomic E-state index is 11.1. The Morgan fingerprint density at radius 1 is 1.53 bits per heavy atom. The summed E-state index contributed by atoms with van der Waals surface area (Å²) < 4.78 is 0.570. The van der Waals surface area contributed by atoms with Crippen molar-refractivity contribution in [2.45, 2.75) is 20.0 Å². The van der Waals surface area contributed by atoms with Crippen LogP contribution in [0.15, 0.2) is 12.2 Å². The highest BCUT2D eigenvalue weighted by atomic mass is 35.5. The topological polar surface area (TPSA) is 49.3 Å². The molecule has 5 heteroatoms. The van der Waals surface area contributed by atoms with Crippen LogP contribution in [0.1, 0.15) is 13.8 Å². The number of carbonyl (C=O) groups is 1. The molecule has 0 aliphatic carbocycles. The van der Waals surface area contributed by atoms with E-state index in [-0.39, 0.29) is 24.4 Å². The van der Waals surface area contributed by atoms with E-state index in [2.05, 4.69) is 5.32 Å². The molecular weight excluding hydrogens is 216 g/mol. The third kappa shape index (κ3) is 9.72. The zero-order chi connectivity index (χ0) is 11.2. The fourth-order valence-electron chi connectivity index (χ4n) is 1.28. The molecule has 15 heavy (non-hydrogen) atoms. The highest BCUT2D eigenvalue weighted by Gasteiger charge is 2.17. The molecule has 1 amide bonds. The molecule has 0 aromatic carbocycles. The first-order valence-corrected chi connectivity index (χ1v) is 4.78. The van der Waals surface area contributed by atoms with Gasteiger partial charge in [0.25, 0.3) is 0 Å². The number of hydrogen-bond acceptors (Lipinski definition) is 2. The van der Waals surface area contributed by atoms with Crippen molar-refractivity contribution in [2.75, 3.05) is 27.3 Å². The van der Waals surface area contributed by atoms with Gasteiger partial charge < -0.3 is 27.3 Å². The molecule has 0 aliphatic heterocycles. The molecule has 0 rings (SSSR count). The lowest BCUT2D eigenvalue weighted by atomic mass is 10.3. The van der Waals surface area contributed by atoms with Gasteiger partial charge in [0.1, 0.15) is 12.6 Å². The van der Waals surface area contributed by atoms with Crippen LogP contribution in [-0.2, 0) is 4.79 Å². The number of carbonyl (C=O) groups excluding carboxylic acids is 1. The van der Waals surface area contributed by atoms with Crippen LogP contribution >= 0.6 is 0 Å². The van der Waals surface area contributed by atoms with Crippen molar-refractivity contribution in [2.24, 2.45) is 0 Å². The number of hydrogen-bond donors (Lipinski definition) is 2. The van der Waals surface area contributed by atoms with Gasteiger partial charge in [0.05, 0.1) is 14.1 Å². The maximum atomic E-state index is 11.1. The predicted octanol–water partition coefficient (Wildman–Crippen LogP) is -2.90. The fourth-order valence-corrected chi connectivity index (χ4v) is 1.28. The smallest absolute Gasteiger partial charge is 0.247 e. The molecule has 0 radical (unpaired) electrons. The van der Waals surface area contributed by atoms with Crippen LogP contribution in [0.4, 0.5) is 0 Å². The molecule has 1 atom stereocenters. The molecule has 0 spiro atoms. The average Bonchev–Trinajstić information content (AvgIpc) is 1.99. The summed E-state index contributed by atoms with van der Waals surface area (Å²) in [4.78, 5) is 11.1. The Morgan fingerprint density at radius 3 is 2.47 bits per heavy atom. The van der Waals surface area contributed by atoms with E-state index in [0.29, 0.717) is 17.7 Å². The van der Waals surface area contributed by atoms with E-state index in [0.717, 1.165) is 0 Å². The quantitative estimate of drug-likeness (QED) is 0.306. The van der Waals surface area contributed by atoms with Crippen LogP contribution < -0.4 is 17.7 Å². The molecule has 0 aliphatic rings. The third-order valence-corrected chi connectivity index (χ3v) is 1.76. The van der Waals surface area contributed by atoms with E-state index in [1.54, 1.807) is 19.9 Å². The number of allylic oxidation sites excluding steroid dienone is 1. The van der Waals surface area contributed by atoms with Gasteiger partial charge in [-0.3, -0.25) is 4.79 Å². The summed E-state index contributed by atoms with van der Waals surface area (Å²) in [5.41, 5.74) is 0. The lowest BCUT2D eigenvalue weighted by molar-refractivity contribution is -0.894. The summed E-state index contributed by atoms with van der Waals surface area (Å²) in [6.45, 7) is 4.69. The van der Waals surface area contributed by atoms with Gasteiger partial charge in [-0.15, -0.1) is 0 Å². The van der Waals surface area contributed by atoms with E-state index in [1.165, 1.54) is 6.08 Å². The minimum Gasteiger partial charge on any atom is -1.00 e. The van der Waals surface area contributed by atoms with Crippen LogP contribution in [-0.4, -0.2) is 48.9 Å². The standard InChI is InChI=1S/C10H20N2O2.ClH/c1-5-6-10(14)11-8-12(3,4)7-9(2)13;/h5-6,9,13H,7-8H2,1-4H3;1H. The molecule has 4 nitrogen and oxygen atoms in total. The van der Waals surface area contributed by atoms with Gasteiger partial charge in [0.15, 0.2) is 6.67 Å². The van der Waals surface area contributed by atoms with Crippen molar-refractivity contribution < 1.29 is 26.8 Å². The summed E-state index contributed by atoms with van der Waals surface area (Å²) in [5.74, 6) is -0.0932. The predicted molar refractivity (Wildman–Crippen MR) is 56.5 cm³/mol. The van der Waals surface area contributed by atoms with E-state index in [1.807, 2.05) is 14.1 Å². The minimum absolute atomic E-state index is 0. The normalized spacial score (nSPS) is 13.4. The van der Waals surface area contributed by atoms with Crippen molar-refractivity contribution in [1.29, 1.82) is 0 Å². The van der Waals surface area contributed by atoms with Gasteiger partial charge in [-0.25, -0.2) is 0 Å². The second-order valence-corrected chi connectivity index (χ2v) is 4.17. The zero-order valence-electron chi connectivity index (χ0n) is 9.83. The highest BCUT2D eigenvalue weighted by molar-refractivity contribution is 5.87. The molecule has 0 saturated carbocycles. The summed E-state index contributed by atoms with van der Waals surface area (Å²) in [6, 6.07) is 0. The zero-order valence-corrected chi connectivity index (χ0v) is 10.6. The number of aliphatic hydroxyl groups excluding tert-OH is 1. The second-order valence-electron chi connectivity index (χ2n) is 4.17. The van der Waals surface area contributed by atoms with Crippen molar-refractivity contribution in [3.63, 3.8) is 0 Å². The SMILES string of the molecule is CC=CC(=O)NC[N+](C)(C)CC(C)O.[Cl-]. The van der Waals surface area contributed by atoms with Crippen molar-refractivity contribution in [3.8, 4) is 0 Å². The molecule has 0 bridgehead atoms. The van der Waals surface area contributed by atoms with E-state index in [9.17, 15) is 9.90 Å². The summed E-state index contributed by atoms with van der Waals surface area (Å²) >= 11 is 0. The van der Waals surface area contributed by atoms with Crippen LogP contribution in [0.2, 0.25) is 0 Å². The summed E-state index contributed by atoms with van der Waals surface area (Å²) in [5, 5.41) is 12.0. The number of quaternary nitrogens is 1.